The molecule has 0 aromatic heterocycles. The van der Waals surface area contributed by atoms with Gasteiger partial charge in [0.05, 0.1) is 0 Å². The first-order chi connectivity index (χ1) is 9.60. The van der Waals surface area contributed by atoms with Crippen LogP contribution in [0.4, 0.5) is 5.69 Å². The molecule has 2 aliphatic carbocycles. The number of amides is 1. The van der Waals surface area contributed by atoms with Crippen LogP contribution in [0.25, 0.3) is 0 Å². The summed E-state index contributed by atoms with van der Waals surface area (Å²) in [6.07, 6.45) is 3.42. The maximum atomic E-state index is 12.4. The standard InChI is InChI=1S/C15H19N3O2/c1-18(15(19)12-7-10-6-11(10)8-12)13-4-2-9(3-5-13)14(16)17-20/h2-5,10-12,20H,6-8H2,1H3,(H2,16,17). The normalized spacial score (nSPS) is 28.1. The van der Waals surface area contributed by atoms with Crippen molar-refractivity contribution >= 4 is 17.4 Å². The number of nitrogens with two attached hydrogens (primary N) is 1. The molecule has 0 bridgehead atoms. The molecule has 0 heterocycles. The number of hydrogen-bond acceptors (Lipinski definition) is 3. The van der Waals surface area contributed by atoms with Crippen molar-refractivity contribution in [1.82, 2.24) is 0 Å². The Kier molecular flexibility index (Phi) is 3.12. The van der Waals surface area contributed by atoms with E-state index in [1.54, 1.807) is 17.0 Å². The number of anilines is 1. The van der Waals surface area contributed by atoms with Crippen LogP contribution in [-0.4, -0.2) is 24.0 Å². The molecule has 106 valence electrons. The molecule has 2 atom stereocenters. The van der Waals surface area contributed by atoms with Crippen molar-refractivity contribution in [2.24, 2.45) is 28.6 Å². The van der Waals surface area contributed by atoms with Crippen molar-refractivity contribution in [3.63, 3.8) is 0 Å². The topological polar surface area (TPSA) is 78.9 Å². The Balaban J connectivity index is 1.70. The zero-order chi connectivity index (χ0) is 14.3. The number of carbonyl (C=O) groups is 1. The fourth-order valence-electron chi connectivity index (χ4n) is 3.23. The summed E-state index contributed by atoms with van der Waals surface area (Å²) in [6.45, 7) is 0. The third-order valence-electron chi connectivity index (χ3n) is 4.58. The van der Waals surface area contributed by atoms with E-state index in [0.29, 0.717) is 5.56 Å². The Labute approximate surface area is 118 Å². The van der Waals surface area contributed by atoms with Crippen LogP contribution < -0.4 is 10.6 Å². The van der Waals surface area contributed by atoms with Gasteiger partial charge in [0, 0.05) is 24.2 Å². The predicted molar refractivity (Wildman–Crippen MR) is 76.7 cm³/mol. The Bertz CT molecular complexity index is 543. The quantitative estimate of drug-likeness (QED) is 0.381. The Morgan fingerprint density at radius 1 is 1.25 bits per heavy atom. The molecule has 3 N–H and O–H groups in total. The lowest BCUT2D eigenvalue weighted by Gasteiger charge is -2.22. The lowest BCUT2D eigenvalue weighted by Crippen LogP contribution is -2.32. The van der Waals surface area contributed by atoms with E-state index < -0.39 is 0 Å². The first-order valence-electron chi connectivity index (χ1n) is 6.95. The van der Waals surface area contributed by atoms with Gasteiger partial charge in [0.15, 0.2) is 5.84 Å². The molecule has 20 heavy (non-hydrogen) atoms. The maximum absolute atomic E-state index is 12.4. The number of rotatable bonds is 3. The van der Waals surface area contributed by atoms with Gasteiger partial charge < -0.3 is 15.8 Å². The second-order valence-electron chi connectivity index (χ2n) is 5.85. The Hall–Kier alpha value is -2.04. The number of amidine groups is 1. The minimum absolute atomic E-state index is 0.0708. The van der Waals surface area contributed by atoms with Gasteiger partial charge >= 0.3 is 0 Å². The molecule has 1 aromatic rings. The molecular formula is C15H19N3O2. The van der Waals surface area contributed by atoms with Gasteiger partial charge in [-0.15, -0.1) is 0 Å². The maximum Gasteiger partial charge on any atom is 0.229 e. The number of benzene rings is 1. The Morgan fingerprint density at radius 2 is 1.85 bits per heavy atom. The van der Waals surface area contributed by atoms with Gasteiger partial charge in [0.25, 0.3) is 0 Å². The molecular weight excluding hydrogens is 254 g/mol. The van der Waals surface area contributed by atoms with Crippen molar-refractivity contribution in [3.05, 3.63) is 29.8 Å². The molecule has 3 rings (SSSR count). The molecule has 2 aliphatic rings. The third kappa shape index (κ3) is 2.24. The third-order valence-corrected chi connectivity index (χ3v) is 4.58. The second kappa shape index (κ2) is 4.81. The van der Waals surface area contributed by atoms with Crippen molar-refractivity contribution in [2.75, 3.05) is 11.9 Å². The minimum atomic E-state index is 0.0708. The zero-order valence-electron chi connectivity index (χ0n) is 11.5. The predicted octanol–water partition coefficient (Wildman–Crippen LogP) is 1.79. The summed E-state index contributed by atoms with van der Waals surface area (Å²) in [7, 11) is 1.81. The van der Waals surface area contributed by atoms with E-state index in [2.05, 4.69) is 5.16 Å². The lowest BCUT2D eigenvalue weighted by atomic mass is 10.0. The van der Waals surface area contributed by atoms with Crippen molar-refractivity contribution in [2.45, 2.75) is 19.3 Å². The first kappa shape index (κ1) is 13.0. The zero-order valence-corrected chi connectivity index (χ0v) is 11.5. The average molecular weight is 273 g/mol. The first-order valence-corrected chi connectivity index (χ1v) is 6.95. The average Bonchev–Trinajstić information content (AvgIpc) is 3.11. The van der Waals surface area contributed by atoms with Crippen LogP contribution in [0, 0.1) is 17.8 Å². The van der Waals surface area contributed by atoms with Gasteiger partial charge in [-0.3, -0.25) is 4.79 Å². The highest BCUT2D eigenvalue weighted by Crippen LogP contribution is 2.54. The van der Waals surface area contributed by atoms with Crippen molar-refractivity contribution < 1.29 is 10.0 Å². The van der Waals surface area contributed by atoms with Gasteiger partial charge in [-0.2, -0.15) is 0 Å². The van der Waals surface area contributed by atoms with Gasteiger partial charge in [-0.25, -0.2) is 0 Å². The van der Waals surface area contributed by atoms with Crippen LogP contribution in [-0.2, 0) is 4.79 Å². The number of nitrogens with zero attached hydrogens (tertiary/aromatic N) is 2. The largest absolute Gasteiger partial charge is 0.409 e. The molecule has 5 nitrogen and oxygen atoms in total. The van der Waals surface area contributed by atoms with Crippen LogP contribution in [0.15, 0.2) is 29.4 Å². The van der Waals surface area contributed by atoms with Crippen LogP contribution in [0.5, 0.6) is 0 Å². The smallest absolute Gasteiger partial charge is 0.229 e. The molecule has 0 spiro atoms. The van der Waals surface area contributed by atoms with E-state index in [1.807, 2.05) is 19.2 Å². The summed E-state index contributed by atoms with van der Waals surface area (Å²) in [5.41, 5.74) is 7.00. The molecule has 0 saturated heterocycles. The number of hydrogen-bond donors (Lipinski definition) is 2. The van der Waals surface area contributed by atoms with Gasteiger partial charge in [0.1, 0.15) is 0 Å². The summed E-state index contributed by atoms with van der Waals surface area (Å²) >= 11 is 0. The summed E-state index contributed by atoms with van der Waals surface area (Å²) in [5.74, 6) is 2.07. The van der Waals surface area contributed by atoms with E-state index in [4.69, 9.17) is 10.9 Å². The molecule has 0 radical (unpaired) electrons. The number of fused-ring (bicyclic) bond motifs is 1. The molecule has 2 unspecified atom stereocenters. The lowest BCUT2D eigenvalue weighted by molar-refractivity contribution is -0.122. The molecule has 5 heteroatoms. The monoisotopic (exact) mass is 273 g/mol. The molecule has 2 fully saturated rings. The highest BCUT2D eigenvalue weighted by Gasteiger charge is 2.48. The molecule has 1 amide bonds. The summed E-state index contributed by atoms with van der Waals surface area (Å²) in [4.78, 5) is 14.1. The van der Waals surface area contributed by atoms with E-state index in [9.17, 15) is 4.79 Å². The van der Waals surface area contributed by atoms with Crippen molar-refractivity contribution in [1.29, 1.82) is 0 Å². The second-order valence-corrected chi connectivity index (χ2v) is 5.85. The summed E-state index contributed by atoms with van der Waals surface area (Å²) in [6, 6.07) is 7.14. The fourth-order valence-corrected chi connectivity index (χ4v) is 3.23. The van der Waals surface area contributed by atoms with Crippen LogP contribution >= 0.6 is 0 Å². The minimum Gasteiger partial charge on any atom is -0.409 e. The molecule has 0 aliphatic heterocycles. The van der Waals surface area contributed by atoms with E-state index >= 15 is 0 Å². The van der Waals surface area contributed by atoms with E-state index in [0.717, 1.165) is 30.4 Å². The summed E-state index contributed by atoms with van der Waals surface area (Å²) in [5, 5.41) is 11.6. The molecule has 1 aromatic carbocycles. The number of oxime groups is 1. The highest BCUT2D eigenvalue weighted by molar-refractivity contribution is 5.98. The van der Waals surface area contributed by atoms with Gasteiger partial charge in [-0.05, 0) is 55.4 Å². The van der Waals surface area contributed by atoms with Gasteiger partial charge in [-0.1, -0.05) is 5.16 Å². The van der Waals surface area contributed by atoms with Crippen LogP contribution in [0.3, 0.4) is 0 Å². The van der Waals surface area contributed by atoms with E-state index in [1.165, 1.54) is 6.42 Å². The summed E-state index contributed by atoms with van der Waals surface area (Å²) < 4.78 is 0. The SMILES string of the molecule is CN(C(=O)C1CC2CC2C1)c1ccc(/C(N)=N/O)cc1. The Morgan fingerprint density at radius 3 is 2.40 bits per heavy atom. The van der Waals surface area contributed by atoms with E-state index in [-0.39, 0.29) is 17.7 Å². The number of carbonyl (C=O) groups excluding carboxylic acids is 1. The highest BCUT2D eigenvalue weighted by atomic mass is 16.4. The fraction of sp³-hybridized carbons (Fsp3) is 0.467. The van der Waals surface area contributed by atoms with Crippen LogP contribution in [0.2, 0.25) is 0 Å². The van der Waals surface area contributed by atoms with Gasteiger partial charge in [0.2, 0.25) is 5.91 Å². The molecule has 2 saturated carbocycles. The van der Waals surface area contributed by atoms with Crippen molar-refractivity contribution in [3.8, 4) is 0 Å². The van der Waals surface area contributed by atoms with Crippen LogP contribution in [0.1, 0.15) is 24.8 Å².